The van der Waals surface area contributed by atoms with Gasteiger partial charge in [0, 0.05) is 19.0 Å². The molecule has 0 aliphatic rings. The smallest absolute Gasteiger partial charge is 0.234 e. The molecule has 1 aromatic carbocycles. The largest absolute Gasteiger partial charge is 0.325 e. The summed E-state index contributed by atoms with van der Waals surface area (Å²) < 4.78 is 24.6. The molecular weight excluding hydrogens is 312 g/mol. The molecule has 2 rings (SSSR count). The molecule has 0 saturated heterocycles. The van der Waals surface area contributed by atoms with E-state index in [0.717, 1.165) is 6.26 Å². The molecule has 1 aromatic heterocycles. The normalized spacial score (nSPS) is 11.3. The number of carbonyl (C=O) groups is 1. The molecule has 0 fully saturated rings. The van der Waals surface area contributed by atoms with Gasteiger partial charge in [0.25, 0.3) is 0 Å². The molecule has 0 atom stereocenters. The third kappa shape index (κ3) is 4.30. The number of nitrogens with one attached hydrogen (secondary N) is 1. The van der Waals surface area contributed by atoms with Crippen LogP contribution in [0.3, 0.4) is 0 Å². The van der Waals surface area contributed by atoms with E-state index in [4.69, 9.17) is 0 Å². The van der Waals surface area contributed by atoms with Crippen LogP contribution >= 0.6 is 11.8 Å². The van der Waals surface area contributed by atoms with E-state index in [1.165, 1.54) is 23.9 Å². The molecule has 0 bridgehead atoms. The number of hydrogen-bond donors (Lipinski definition) is 1. The van der Waals surface area contributed by atoms with Crippen molar-refractivity contribution >= 4 is 33.2 Å². The van der Waals surface area contributed by atoms with Crippen LogP contribution in [0.5, 0.6) is 0 Å². The van der Waals surface area contributed by atoms with Crippen molar-refractivity contribution in [3.05, 3.63) is 30.6 Å². The van der Waals surface area contributed by atoms with Crippen LogP contribution in [0, 0.1) is 0 Å². The monoisotopic (exact) mass is 326 g/mol. The van der Waals surface area contributed by atoms with Gasteiger partial charge in [-0.3, -0.25) is 4.79 Å². The first-order valence-corrected chi connectivity index (χ1v) is 8.81. The van der Waals surface area contributed by atoms with Gasteiger partial charge >= 0.3 is 0 Å². The Morgan fingerprint density at radius 3 is 2.81 bits per heavy atom. The zero-order chi connectivity index (χ0) is 15.5. The molecule has 7 nitrogen and oxygen atoms in total. The fourth-order valence-electron chi connectivity index (χ4n) is 1.53. The SMILES string of the molecule is Cn1cnnc1SCC(=O)Nc1cccc(S(C)(=O)=O)c1. The highest BCUT2D eigenvalue weighted by Gasteiger charge is 2.10. The van der Waals surface area contributed by atoms with Crippen LogP contribution in [0.4, 0.5) is 5.69 Å². The van der Waals surface area contributed by atoms with Crippen LogP contribution in [0.15, 0.2) is 40.6 Å². The summed E-state index contributed by atoms with van der Waals surface area (Å²) >= 11 is 1.25. The average molecular weight is 326 g/mol. The van der Waals surface area contributed by atoms with Gasteiger partial charge in [0.1, 0.15) is 6.33 Å². The molecule has 9 heteroatoms. The number of carbonyl (C=O) groups excluding carboxylic acids is 1. The Balaban J connectivity index is 1.98. The number of aryl methyl sites for hydroxylation is 1. The number of nitrogens with zero attached hydrogens (tertiary/aromatic N) is 3. The molecule has 0 radical (unpaired) electrons. The first kappa shape index (κ1) is 15.5. The van der Waals surface area contributed by atoms with Crippen molar-refractivity contribution in [3.8, 4) is 0 Å². The summed E-state index contributed by atoms with van der Waals surface area (Å²) in [4.78, 5) is 12.0. The van der Waals surface area contributed by atoms with Crippen LogP contribution in [-0.4, -0.2) is 41.1 Å². The van der Waals surface area contributed by atoms with Crippen molar-refractivity contribution in [1.29, 1.82) is 0 Å². The Morgan fingerprint density at radius 2 is 2.19 bits per heavy atom. The van der Waals surface area contributed by atoms with Crippen LogP contribution < -0.4 is 5.32 Å². The third-order valence-corrected chi connectivity index (χ3v) is 4.69. The van der Waals surface area contributed by atoms with Crippen LogP contribution in [0.2, 0.25) is 0 Å². The fraction of sp³-hybridized carbons (Fsp3) is 0.250. The van der Waals surface area contributed by atoms with Gasteiger partial charge in [0.2, 0.25) is 5.91 Å². The van der Waals surface area contributed by atoms with Gasteiger partial charge in [-0.05, 0) is 18.2 Å². The summed E-state index contributed by atoms with van der Waals surface area (Å²) in [5.74, 6) is -0.0797. The predicted molar refractivity (Wildman–Crippen MR) is 79.9 cm³/mol. The number of benzene rings is 1. The molecule has 112 valence electrons. The van der Waals surface area contributed by atoms with Crippen LogP contribution in [-0.2, 0) is 21.7 Å². The second kappa shape index (κ2) is 6.27. The van der Waals surface area contributed by atoms with Crippen molar-refractivity contribution in [2.45, 2.75) is 10.1 Å². The number of thioether (sulfide) groups is 1. The van der Waals surface area contributed by atoms with Gasteiger partial charge < -0.3 is 9.88 Å². The van der Waals surface area contributed by atoms with Crippen molar-refractivity contribution in [2.24, 2.45) is 7.05 Å². The molecule has 1 amide bonds. The lowest BCUT2D eigenvalue weighted by atomic mass is 10.3. The standard InChI is InChI=1S/C12H14N4O3S2/c1-16-8-13-15-12(16)20-7-11(17)14-9-4-3-5-10(6-9)21(2,18)19/h3-6,8H,7H2,1-2H3,(H,14,17). The molecule has 0 spiro atoms. The molecule has 0 unspecified atom stereocenters. The summed E-state index contributed by atoms with van der Waals surface area (Å²) in [5, 5.41) is 10.9. The van der Waals surface area contributed by atoms with Crippen LogP contribution in [0.1, 0.15) is 0 Å². The molecule has 1 N–H and O–H groups in total. The number of aromatic nitrogens is 3. The van der Waals surface area contributed by atoms with E-state index in [1.54, 1.807) is 30.1 Å². The first-order valence-electron chi connectivity index (χ1n) is 5.93. The van der Waals surface area contributed by atoms with Crippen molar-refractivity contribution in [2.75, 3.05) is 17.3 Å². The maximum absolute atomic E-state index is 11.8. The lowest BCUT2D eigenvalue weighted by molar-refractivity contribution is -0.113. The van der Waals surface area contributed by atoms with Gasteiger partial charge in [0.05, 0.1) is 10.6 Å². The molecule has 2 aromatic rings. The molecule has 0 aliphatic heterocycles. The van der Waals surface area contributed by atoms with Gasteiger partial charge in [-0.2, -0.15) is 0 Å². The average Bonchev–Trinajstić information content (AvgIpc) is 2.81. The summed E-state index contributed by atoms with van der Waals surface area (Å²) in [6, 6.07) is 6.14. The van der Waals surface area contributed by atoms with Gasteiger partial charge in [0.15, 0.2) is 15.0 Å². The maximum Gasteiger partial charge on any atom is 0.234 e. The number of amides is 1. The summed E-state index contributed by atoms with van der Waals surface area (Å²) in [6.07, 6.45) is 2.67. The maximum atomic E-state index is 11.8. The highest BCUT2D eigenvalue weighted by molar-refractivity contribution is 7.99. The summed E-state index contributed by atoms with van der Waals surface area (Å²) in [5.41, 5.74) is 0.446. The Bertz CT molecular complexity index is 755. The minimum Gasteiger partial charge on any atom is -0.325 e. The van der Waals surface area contributed by atoms with E-state index in [-0.39, 0.29) is 16.6 Å². The minimum atomic E-state index is -3.29. The Hall–Kier alpha value is -1.87. The van der Waals surface area contributed by atoms with Crippen LogP contribution in [0.25, 0.3) is 0 Å². The number of sulfone groups is 1. The van der Waals surface area contributed by atoms with E-state index in [1.807, 2.05) is 0 Å². The first-order chi connectivity index (χ1) is 9.86. The van der Waals surface area contributed by atoms with E-state index >= 15 is 0 Å². The van der Waals surface area contributed by atoms with E-state index in [0.29, 0.717) is 10.8 Å². The second-order valence-corrected chi connectivity index (χ2v) is 7.32. The molecule has 0 saturated carbocycles. The summed E-state index contributed by atoms with van der Waals surface area (Å²) in [7, 11) is -1.51. The summed E-state index contributed by atoms with van der Waals surface area (Å²) in [6.45, 7) is 0. The Kier molecular flexibility index (Phi) is 4.63. The molecular formula is C12H14N4O3S2. The van der Waals surface area contributed by atoms with E-state index in [9.17, 15) is 13.2 Å². The third-order valence-electron chi connectivity index (χ3n) is 2.55. The highest BCUT2D eigenvalue weighted by atomic mass is 32.2. The number of anilines is 1. The predicted octanol–water partition coefficient (Wildman–Crippen LogP) is 0.949. The van der Waals surface area contributed by atoms with Crippen molar-refractivity contribution in [1.82, 2.24) is 14.8 Å². The van der Waals surface area contributed by atoms with Gasteiger partial charge in [-0.1, -0.05) is 17.8 Å². The molecule has 1 heterocycles. The molecule has 0 aliphatic carbocycles. The Labute approximate surface area is 126 Å². The second-order valence-electron chi connectivity index (χ2n) is 4.36. The zero-order valence-corrected chi connectivity index (χ0v) is 13.1. The molecule has 21 heavy (non-hydrogen) atoms. The minimum absolute atomic E-state index is 0.162. The number of rotatable bonds is 5. The number of hydrogen-bond acceptors (Lipinski definition) is 6. The van der Waals surface area contributed by atoms with Crippen molar-refractivity contribution in [3.63, 3.8) is 0 Å². The lowest BCUT2D eigenvalue weighted by Gasteiger charge is -2.06. The van der Waals surface area contributed by atoms with Gasteiger partial charge in [-0.15, -0.1) is 10.2 Å². The topological polar surface area (TPSA) is 93.9 Å². The van der Waals surface area contributed by atoms with E-state index in [2.05, 4.69) is 15.5 Å². The van der Waals surface area contributed by atoms with Gasteiger partial charge in [-0.25, -0.2) is 8.42 Å². The zero-order valence-electron chi connectivity index (χ0n) is 11.5. The van der Waals surface area contributed by atoms with E-state index < -0.39 is 9.84 Å². The fourth-order valence-corrected chi connectivity index (χ4v) is 2.89. The highest BCUT2D eigenvalue weighted by Crippen LogP contribution is 2.17. The Morgan fingerprint density at radius 1 is 1.43 bits per heavy atom. The lowest BCUT2D eigenvalue weighted by Crippen LogP contribution is -2.14. The van der Waals surface area contributed by atoms with Crippen molar-refractivity contribution < 1.29 is 13.2 Å². The quantitative estimate of drug-likeness (QED) is 0.822.